The maximum Gasteiger partial charge on any atom is 0.163 e. The molecular weight excluding hydrogens is 284 g/mol. The molecule has 3 aliphatic heterocycles. The quantitative estimate of drug-likeness (QED) is 0.807. The minimum atomic E-state index is 0.296. The van der Waals surface area contributed by atoms with Crippen LogP contribution >= 0.6 is 0 Å². The van der Waals surface area contributed by atoms with Crippen LogP contribution in [0.15, 0.2) is 30.3 Å². The molecule has 0 spiro atoms. The van der Waals surface area contributed by atoms with Crippen LogP contribution in [-0.4, -0.2) is 35.3 Å². The van der Waals surface area contributed by atoms with Gasteiger partial charge >= 0.3 is 0 Å². The number of carbonyl (C=O) groups excluding carboxylic acids is 1. The van der Waals surface area contributed by atoms with Gasteiger partial charge in [-0.25, -0.2) is 0 Å². The zero-order chi connectivity index (χ0) is 15.8. The summed E-state index contributed by atoms with van der Waals surface area (Å²) in [7, 11) is 0. The van der Waals surface area contributed by atoms with Crippen molar-refractivity contribution in [2.24, 2.45) is 11.8 Å². The molecular formula is C20H24N2O. The third-order valence-electron chi connectivity index (χ3n) is 5.67. The lowest BCUT2D eigenvalue weighted by Gasteiger charge is -2.44. The maximum atomic E-state index is 12.7. The largest absolute Gasteiger partial charge is 0.303 e. The van der Waals surface area contributed by atoms with Gasteiger partial charge in [0.05, 0.1) is 5.52 Å². The van der Waals surface area contributed by atoms with E-state index in [4.69, 9.17) is 0 Å². The number of hydrogen-bond acceptors (Lipinski definition) is 3. The zero-order valence-electron chi connectivity index (χ0n) is 13.8. The van der Waals surface area contributed by atoms with Crippen molar-refractivity contribution in [1.82, 2.24) is 9.88 Å². The summed E-state index contributed by atoms with van der Waals surface area (Å²) in [5.74, 6) is 1.62. The highest BCUT2D eigenvalue weighted by Gasteiger charge is 2.35. The van der Waals surface area contributed by atoms with E-state index in [0.29, 0.717) is 18.1 Å². The number of piperidine rings is 3. The molecule has 0 aliphatic carbocycles. The molecule has 0 radical (unpaired) electrons. The van der Waals surface area contributed by atoms with Gasteiger partial charge in [0.15, 0.2) is 5.78 Å². The Kier molecular flexibility index (Phi) is 3.90. The van der Waals surface area contributed by atoms with Gasteiger partial charge in [-0.1, -0.05) is 13.0 Å². The number of pyridine rings is 1. The van der Waals surface area contributed by atoms with Crippen LogP contribution < -0.4 is 0 Å². The van der Waals surface area contributed by atoms with Gasteiger partial charge in [0, 0.05) is 29.6 Å². The summed E-state index contributed by atoms with van der Waals surface area (Å²) in [6.45, 7) is 5.69. The summed E-state index contributed by atoms with van der Waals surface area (Å²) in [4.78, 5) is 19.9. The minimum Gasteiger partial charge on any atom is -0.303 e. The molecule has 3 heteroatoms. The summed E-state index contributed by atoms with van der Waals surface area (Å²) < 4.78 is 0. The van der Waals surface area contributed by atoms with Crippen molar-refractivity contribution < 1.29 is 4.79 Å². The van der Waals surface area contributed by atoms with Crippen LogP contribution in [-0.2, 0) is 6.42 Å². The monoisotopic (exact) mass is 308 g/mol. The van der Waals surface area contributed by atoms with Gasteiger partial charge in [-0.3, -0.25) is 9.78 Å². The molecule has 4 heterocycles. The van der Waals surface area contributed by atoms with Gasteiger partial charge < -0.3 is 4.90 Å². The van der Waals surface area contributed by atoms with Crippen molar-refractivity contribution >= 4 is 16.7 Å². The molecule has 0 saturated carbocycles. The lowest BCUT2D eigenvalue weighted by atomic mass is 9.76. The number of benzene rings is 1. The number of ketones is 1. The molecule has 2 bridgehead atoms. The molecule has 120 valence electrons. The van der Waals surface area contributed by atoms with E-state index in [2.05, 4.69) is 28.9 Å². The van der Waals surface area contributed by atoms with Crippen LogP contribution in [0.3, 0.4) is 0 Å². The number of Topliss-reactive ketones (excluding diaryl/α,β-unsaturated/α-hetero) is 1. The highest BCUT2D eigenvalue weighted by atomic mass is 16.1. The van der Waals surface area contributed by atoms with E-state index >= 15 is 0 Å². The third kappa shape index (κ3) is 2.90. The fourth-order valence-electron chi connectivity index (χ4n) is 4.21. The van der Waals surface area contributed by atoms with Gasteiger partial charge in [0.2, 0.25) is 0 Å². The van der Waals surface area contributed by atoms with E-state index in [-0.39, 0.29) is 0 Å². The maximum absolute atomic E-state index is 12.7. The number of hydrogen-bond donors (Lipinski definition) is 0. The standard InChI is InChI=1S/C20H24N2O/c1-2-18-5-3-15-11-16(4-6-19(15)21-18)20(23)12-17-13-22-9-7-14(17)8-10-22/h3-6,11,14,17H,2,7-10,12-13H2,1H3. The second-order valence-electron chi connectivity index (χ2n) is 7.09. The number of rotatable bonds is 4. The SMILES string of the molecule is CCc1ccc2cc(C(=O)CC3CN4CCC3CC4)ccc2n1. The van der Waals surface area contributed by atoms with Gasteiger partial charge in [-0.15, -0.1) is 0 Å². The molecule has 0 amide bonds. The Morgan fingerprint density at radius 1 is 1.22 bits per heavy atom. The second-order valence-corrected chi connectivity index (χ2v) is 7.09. The number of aromatic nitrogens is 1. The highest BCUT2D eigenvalue weighted by molar-refractivity contribution is 5.99. The van der Waals surface area contributed by atoms with E-state index in [0.717, 1.165) is 41.0 Å². The van der Waals surface area contributed by atoms with Crippen molar-refractivity contribution in [3.05, 3.63) is 41.6 Å². The molecule has 3 fully saturated rings. The fourth-order valence-corrected chi connectivity index (χ4v) is 4.21. The Bertz CT molecular complexity index is 731. The molecule has 1 aromatic heterocycles. The van der Waals surface area contributed by atoms with Gasteiger partial charge in [-0.05, 0) is 68.5 Å². The van der Waals surface area contributed by atoms with E-state index in [9.17, 15) is 4.79 Å². The Hall–Kier alpha value is -1.74. The number of carbonyl (C=O) groups is 1. The van der Waals surface area contributed by atoms with Gasteiger partial charge in [0.1, 0.15) is 0 Å². The average molecular weight is 308 g/mol. The van der Waals surface area contributed by atoms with Gasteiger partial charge in [-0.2, -0.15) is 0 Å². The Morgan fingerprint density at radius 3 is 2.74 bits per heavy atom. The van der Waals surface area contributed by atoms with Crippen molar-refractivity contribution in [3.8, 4) is 0 Å². The first-order chi connectivity index (χ1) is 11.2. The molecule has 3 nitrogen and oxygen atoms in total. The molecule has 2 aromatic rings. The predicted molar refractivity (Wildman–Crippen MR) is 92.7 cm³/mol. The summed E-state index contributed by atoms with van der Waals surface area (Å²) in [5.41, 5.74) is 2.94. The summed E-state index contributed by atoms with van der Waals surface area (Å²) in [6, 6.07) is 10.1. The molecule has 3 aliphatic rings. The van der Waals surface area contributed by atoms with Crippen molar-refractivity contribution in [3.63, 3.8) is 0 Å². The molecule has 1 aromatic carbocycles. The van der Waals surface area contributed by atoms with Crippen LogP contribution in [0.25, 0.3) is 10.9 Å². The minimum absolute atomic E-state index is 0.296. The van der Waals surface area contributed by atoms with Crippen LogP contribution in [0, 0.1) is 11.8 Å². The number of fused-ring (bicyclic) bond motifs is 4. The number of aryl methyl sites for hydroxylation is 1. The zero-order valence-corrected chi connectivity index (χ0v) is 13.8. The van der Waals surface area contributed by atoms with Crippen molar-refractivity contribution in [2.45, 2.75) is 32.6 Å². The molecule has 23 heavy (non-hydrogen) atoms. The van der Waals surface area contributed by atoms with Gasteiger partial charge in [0.25, 0.3) is 0 Å². The van der Waals surface area contributed by atoms with E-state index < -0.39 is 0 Å². The van der Waals surface area contributed by atoms with Crippen LogP contribution in [0.2, 0.25) is 0 Å². The van der Waals surface area contributed by atoms with Crippen LogP contribution in [0.4, 0.5) is 0 Å². The van der Waals surface area contributed by atoms with Crippen molar-refractivity contribution in [2.75, 3.05) is 19.6 Å². The Labute approximate surface area is 137 Å². The van der Waals surface area contributed by atoms with Crippen molar-refractivity contribution in [1.29, 1.82) is 0 Å². The van der Waals surface area contributed by atoms with Crippen LogP contribution in [0.5, 0.6) is 0 Å². The fraction of sp³-hybridized carbons (Fsp3) is 0.500. The summed E-state index contributed by atoms with van der Waals surface area (Å²) in [6.07, 6.45) is 4.20. The normalized spacial score (nSPS) is 26.6. The predicted octanol–water partition coefficient (Wildman–Crippen LogP) is 3.71. The summed E-state index contributed by atoms with van der Waals surface area (Å²) >= 11 is 0. The second kappa shape index (κ2) is 6.04. The molecule has 1 unspecified atom stereocenters. The average Bonchev–Trinajstić information content (AvgIpc) is 2.61. The topological polar surface area (TPSA) is 33.2 Å². The molecule has 3 saturated heterocycles. The van der Waals surface area contributed by atoms with E-state index in [1.54, 1.807) is 0 Å². The smallest absolute Gasteiger partial charge is 0.163 e. The highest BCUT2D eigenvalue weighted by Crippen LogP contribution is 2.35. The van der Waals surface area contributed by atoms with E-state index in [1.807, 2.05) is 18.2 Å². The first-order valence-electron chi connectivity index (χ1n) is 8.88. The molecule has 5 rings (SSSR count). The molecule has 0 N–H and O–H groups in total. The Morgan fingerprint density at radius 2 is 2.04 bits per heavy atom. The lowest BCUT2D eigenvalue weighted by Crippen LogP contribution is -2.47. The first kappa shape index (κ1) is 14.8. The van der Waals surface area contributed by atoms with E-state index in [1.165, 1.54) is 25.9 Å². The Balaban J connectivity index is 1.53. The van der Waals surface area contributed by atoms with Crippen LogP contribution in [0.1, 0.15) is 42.2 Å². The number of nitrogens with zero attached hydrogens (tertiary/aromatic N) is 2. The third-order valence-corrected chi connectivity index (χ3v) is 5.67. The lowest BCUT2D eigenvalue weighted by molar-refractivity contribution is 0.0441. The first-order valence-corrected chi connectivity index (χ1v) is 8.88. The molecule has 1 atom stereocenters. The summed E-state index contributed by atoms with van der Waals surface area (Å²) in [5, 5.41) is 1.07.